The van der Waals surface area contributed by atoms with Crippen molar-refractivity contribution < 1.29 is 0 Å². The van der Waals surface area contributed by atoms with Gasteiger partial charge in [-0.25, -0.2) is 0 Å². The third kappa shape index (κ3) is 2.80. The molecule has 2 nitrogen and oxygen atoms in total. The van der Waals surface area contributed by atoms with Gasteiger partial charge in [0.15, 0.2) is 0 Å². The maximum Gasteiger partial charge on any atom is 0.0301 e. The lowest BCUT2D eigenvalue weighted by Gasteiger charge is -2.34. The van der Waals surface area contributed by atoms with Crippen LogP contribution >= 0.6 is 0 Å². The number of hydrogen-bond donors (Lipinski definition) is 2. The van der Waals surface area contributed by atoms with Gasteiger partial charge in [-0.2, -0.15) is 0 Å². The molecule has 1 aromatic carbocycles. The molecule has 3 N–H and O–H groups in total. The number of benzene rings is 1. The van der Waals surface area contributed by atoms with E-state index in [9.17, 15) is 0 Å². The molecule has 15 heavy (non-hydrogen) atoms. The molecule has 0 aliphatic heterocycles. The Balaban J connectivity index is 2.89. The topological polar surface area (TPSA) is 38.0 Å². The lowest BCUT2D eigenvalue weighted by Crippen LogP contribution is -2.48. The Morgan fingerprint density at radius 3 is 2.33 bits per heavy atom. The van der Waals surface area contributed by atoms with Gasteiger partial charge in [0.2, 0.25) is 0 Å². The van der Waals surface area contributed by atoms with Gasteiger partial charge in [0.1, 0.15) is 0 Å². The van der Waals surface area contributed by atoms with Crippen molar-refractivity contribution in [1.82, 2.24) is 5.43 Å². The first-order chi connectivity index (χ1) is 7.12. The zero-order valence-corrected chi connectivity index (χ0v) is 9.96. The van der Waals surface area contributed by atoms with E-state index in [2.05, 4.69) is 50.5 Å². The molecular formula is C13H22N2. The smallest absolute Gasteiger partial charge is 0.0301 e. The summed E-state index contributed by atoms with van der Waals surface area (Å²) in [7, 11) is 0. The lowest BCUT2D eigenvalue weighted by atomic mass is 9.76. The van der Waals surface area contributed by atoms with Gasteiger partial charge in [-0.05, 0) is 12.0 Å². The van der Waals surface area contributed by atoms with Crippen molar-refractivity contribution in [3.63, 3.8) is 0 Å². The average Bonchev–Trinajstić information content (AvgIpc) is 2.27. The highest BCUT2D eigenvalue weighted by molar-refractivity contribution is 5.25. The molecule has 1 unspecified atom stereocenters. The second-order valence-electron chi connectivity index (χ2n) is 4.60. The van der Waals surface area contributed by atoms with E-state index in [-0.39, 0.29) is 5.41 Å². The van der Waals surface area contributed by atoms with Crippen molar-refractivity contribution in [2.45, 2.75) is 45.1 Å². The number of hydrazine groups is 1. The standard InChI is InChI=1S/C13H22N2/c1-4-8-12(15-14)13(2,3)11-9-6-5-7-10-11/h5-7,9-10,12,15H,4,8,14H2,1-3H3. The first-order valence-electron chi connectivity index (χ1n) is 5.64. The van der Waals surface area contributed by atoms with Gasteiger partial charge >= 0.3 is 0 Å². The minimum atomic E-state index is 0.0754. The molecule has 0 saturated carbocycles. The maximum atomic E-state index is 5.63. The van der Waals surface area contributed by atoms with Crippen LogP contribution in [0.4, 0.5) is 0 Å². The van der Waals surface area contributed by atoms with Crippen LogP contribution in [-0.2, 0) is 5.41 Å². The molecule has 0 fully saturated rings. The van der Waals surface area contributed by atoms with Crippen molar-refractivity contribution in [2.75, 3.05) is 0 Å². The molecule has 1 atom stereocenters. The molecular weight excluding hydrogens is 184 g/mol. The van der Waals surface area contributed by atoms with E-state index in [1.165, 1.54) is 5.56 Å². The Morgan fingerprint density at radius 2 is 1.87 bits per heavy atom. The van der Waals surface area contributed by atoms with E-state index >= 15 is 0 Å². The Kier molecular flexibility index (Phi) is 4.30. The van der Waals surface area contributed by atoms with Gasteiger partial charge in [-0.1, -0.05) is 57.5 Å². The van der Waals surface area contributed by atoms with Crippen LogP contribution in [-0.4, -0.2) is 6.04 Å². The molecule has 0 aliphatic rings. The summed E-state index contributed by atoms with van der Waals surface area (Å²) in [4.78, 5) is 0. The van der Waals surface area contributed by atoms with Crippen LogP contribution in [0.5, 0.6) is 0 Å². The normalized spacial score (nSPS) is 13.9. The lowest BCUT2D eigenvalue weighted by molar-refractivity contribution is 0.324. The van der Waals surface area contributed by atoms with E-state index < -0.39 is 0 Å². The molecule has 0 spiro atoms. The van der Waals surface area contributed by atoms with Gasteiger partial charge in [0.25, 0.3) is 0 Å². The highest BCUT2D eigenvalue weighted by Gasteiger charge is 2.29. The van der Waals surface area contributed by atoms with Crippen LogP contribution < -0.4 is 11.3 Å². The Morgan fingerprint density at radius 1 is 1.27 bits per heavy atom. The number of hydrogen-bond acceptors (Lipinski definition) is 2. The minimum absolute atomic E-state index is 0.0754. The fourth-order valence-electron chi connectivity index (χ4n) is 2.01. The van der Waals surface area contributed by atoms with Crippen LogP contribution in [0.3, 0.4) is 0 Å². The summed E-state index contributed by atoms with van der Waals surface area (Å²) in [6.07, 6.45) is 2.24. The highest BCUT2D eigenvalue weighted by atomic mass is 15.2. The van der Waals surface area contributed by atoms with Crippen molar-refractivity contribution >= 4 is 0 Å². The predicted octanol–water partition coefficient (Wildman–Crippen LogP) is 2.60. The van der Waals surface area contributed by atoms with E-state index in [0.29, 0.717) is 6.04 Å². The largest absolute Gasteiger partial charge is 0.271 e. The molecule has 1 rings (SSSR count). The second kappa shape index (κ2) is 5.29. The molecule has 84 valence electrons. The van der Waals surface area contributed by atoms with Gasteiger partial charge in [0.05, 0.1) is 0 Å². The van der Waals surface area contributed by atoms with E-state index in [4.69, 9.17) is 5.84 Å². The second-order valence-corrected chi connectivity index (χ2v) is 4.60. The van der Waals surface area contributed by atoms with Crippen LogP contribution in [0.2, 0.25) is 0 Å². The van der Waals surface area contributed by atoms with E-state index in [1.807, 2.05) is 6.07 Å². The quantitative estimate of drug-likeness (QED) is 0.574. The fourth-order valence-corrected chi connectivity index (χ4v) is 2.01. The SMILES string of the molecule is CCCC(NN)C(C)(C)c1ccccc1. The summed E-state index contributed by atoms with van der Waals surface area (Å²) in [5.74, 6) is 5.63. The zero-order valence-electron chi connectivity index (χ0n) is 9.96. The monoisotopic (exact) mass is 206 g/mol. The third-order valence-electron chi connectivity index (χ3n) is 3.17. The molecule has 0 bridgehead atoms. The Labute approximate surface area is 92.8 Å². The first-order valence-corrected chi connectivity index (χ1v) is 5.64. The molecule has 0 amide bonds. The maximum absolute atomic E-state index is 5.63. The van der Waals surface area contributed by atoms with E-state index in [0.717, 1.165) is 12.8 Å². The fraction of sp³-hybridized carbons (Fsp3) is 0.538. The average molecular weight is 206 g/mol. The first kappa shape index (κ1) is 12.2. The molecule has 0 radical (unpaired) electrons. The summed E-state index contributed by atoms with van der Waals surface area (Å²) in [6.45, 7) is 6.66. The van der Waals surface area contributed by atoms with Gasteiger partial charge in [-0.3, -0.25) is 11.3 Å². The molecule has 2 heteroatoms. The summed E-state index contributed by atoms with van der Waals surface area (Å²) in [5, 5.41) is 0. The third-order valence-corrected chi connectivity index (χ3v) is 3.17. The van der Waals surface area contributed by atoms with Gasteiger partial charge in [-0.15, -0.1) is 0 Å². The number of nitrogens with two attached hydrogens (primary N) is 1. The van der Waals surface area contributed by atoms with Crippen molar-refractivity contribution in [1.29, 1.82) is 0 Å². The molecule has 0 saturated heterocycles. The zero-order chi connectivity index (χ0) is 11.3. The molecule has 1 aromatic rings. The summed E-state index contributed by atoms with van der Waals surface area (Å²) >= 11 is 0. The van der Waals surface area contributed by atoms with Crippen molar-refractivity contribution in [3.8, 4) is 0 Å². The highest BCUT2D eigenvalue weighted by Crippen LogP contribution is 2.28. The minimum Gasteiger partial charge on any atom is -0.271 e. The van der Waals surface area contributed by atoms with Gasteiger partial charge in [0, 0.05) is 11.5 Å². The van der Waals surface area contributed by atoms with E-state index in [1.54, 1.807) is 0 Å². The predicted molar refractivity (Wildman–Crippen MR) is 65.5 cm³/mol. The molecule has 0 aromatic heterocycles. The summed E-state index contributed by atoms with van der Waals surface area (Å²) in [6, 6.07) is 10.9. The van der Waals surface area contributed by atoms with Crippen LogP contribution in [0, 0.1) is 0 Å². The van der Waals surface area contributed by atoms with Crippen molar-refractivity contribution in [3.05, 3.63) is 35.9 Å². The Bertz CT molecular complexity index is 280. The van der Waals surface area contributed by atoms with Crippen molar-refractivity contribution in [2.24, 2.45) is 5.84 Å². The summed E-state index contributed by atoms with van der Waals surface area (Å²) in [5.41, 5.74) is 4.35. The van der Waals surface area contributed by atoms with Crippen LogP contribution in [0.25, 0.3) is 0 Å². The number of nitrogens with one attached hydrogen (secondary N) is 1. The van der Waals surface area contributed by atoms with Crippen LogP contribution in [0.15, 0.2) is 30.3 Å². The molecule has 0 aliphatic carbocycles. The number of rotatable bonds is 5. The molecule has 0 heterocycles. The Hall–Kier alpha value is -0.860. The van der Waals surface area contributed by atoms with Gasteiger partial charge < -0.3 is 0 Å². The van der Waals surface area contributed by atoms with Crippen LogP contribution in [0.1, 0.15) is 39.2 Å². The summed E-state index contributed by atoms with van der Waals surface area (Å²) < 4.78 is 0.